The van der Waals surface area contributed by atoms with Crippen molar-refractivity contribution >= 4 is 35.7 Å². The number of imidazole rings is 1. The van der Waals surface area contributed by atoms with Crippen molar-refractivity contribution in [2.45, 2.75) is 121 Å². The van der Waals surface area contributed by atoms with E-state index in [1.54, 1.807) is 32.6 Å². The smallest absolute Gasteiger partial charge is 0.280 e. The van der Waals surface area contributed by atoms with Gasteiger partial charge in [-0.3, -0.25) is 14.3 Å². The van der Waals surface area contributed by atoms with Crippen LogP contribution in [-0.4, -0.2) is 106 Å². The van der Waals surface area contributed by atoms with E-state index in [1.807, 2.05) is 125 Å². The van der Waals surface area contributed by atoms with Crippen molar-refractivity contribution in [1.29, 1.82) is 5.26 Å². The predicted molar refractivity (Wildman–Crippen MR) is 252 cm³/mol. The number of nitrogens with one attached hydrogen (secondary N) is 2. The van der Waals surface area contributed by atoms with Crippen molar-refractivity contribution < 1.29 is 36.4 Å². The molecule has 2 aliphatic rings. The number of anilines is 1. The molecule has 2 aliphatic heterocycles. The molecule has 0 aliphatic carbocycles. The first-order valence-electron chi connectivity index (χ1n) is 22.3. The fourth-order valence-electron chi connectivity index (χ4n) is 8.92. The van der Waals surface area contributed by atoms with Crippen LogP contribution in [-0.2, 0) is 34.1 Å². The van der Waals surface area contributed by atoms with Gasteiger partial charge in [-0.05, 0) is 95.8 Å². The first-order valence-corrected chi connectivity index (χ1v) is 24.8. The van der Waals surface area contributed by atoms with Crippen molar-refractivity contribution in [2.24, 2.45) is 0 Å². The number of aromatic amines is 1. The average molecular weight is 945 g/mol. The van der Waals surface area contributed by atoms with Gasteiger partial charge in [-0.1, -0.05) is 61.5 Å². The lowest BCUT2D eigenvalue weighted by atomic mass is 9.80. The quantitative estimate of drug-likeness (QED) is 0.0413. The zero-order chi connectivity index (χ0) is 47.6. The number of hydrogen-bond acceptors (Lipinski definition) is 14. The fourth-order valence-corrected chi connectivity index (χ4v) is 13.1. The Balaban J connectivity index is 1.48. The first kappa shape index (κ1) is 49.0. The topological polar surface area (TPSA) is 195 Å². The summed E-state index contributed by atoms with van der Waals surface area (Å²) in [5, 5.41) is 12.8. The molecule has 2 unspecified atom stereocenters. The van der Waals surface area contributed by atoms with E-state index in [-0.39, 0.29) is 48.3 Å². The second kappa shape index (κ2) is 20.1. The summed E-state index contributed by atoms with van der Waals surface area (Å²) in [7, 11) is -3.37. The van der Waals surface area contributed by atoms with E-state index in [9.17, 15) is 10.1 Å². The minimum atomic E-state index is -4.51. The molecule has 0 radical (unpaired) electrons. The number of rotatable bonds is 21. The molecule has 0 saturated carbocycles. The molecular weight excluding hydrogens is 884 g/mol. The van der Waals surface area contributed by atoms with Crippen LogP contribution in [0.15, 0.2) is 90.0 Å². The Hall–Kier alpha value is -4.96. The number of nitriles is 1. The molecule has 66 heavy (non-hydrogen) atoms. The molecular formula is C47H61N8O9PS. The molecule has 2 saturated heterocycles. The third-order valence-corrected chi connectivity index (χ3v) is 16.8. The van der Waals surface area contributed by atoms with Crippen LogP contribution in [0.3, 0.4) is 0 Å². The fraction of sp³-hybridized carbons (Fsp3) is 0.489. The van der Waals surface area contributed by atoms with Crippen LogP contribution < -0.4 is 20.3 Å². The molecule has 0 amide bonds. The van der Waals surface area contributed by atoms with Crippen LogP contribution in [0.2, 0.25) is 0 Å². The lowest BCUT2D eigenvalue weighted by Gasteiger charge is -2.42. The number of H-pyrrole nitrogens is 1. The molecule has 0 spiro atoms. The normalized spacial score (nSPS) is 21.5. The molecule has 6 atom stereocenters. The SMILES string of the molecule is CCC(C)Nc1nc2c(ncn2[C@@H]2O[C@]3(COC(c4ccccc4)(c4ccc(OC)cc4)c4ccc(OC)cc4)[C@@H](OP(OCCC#N)N(C(C)C)C(C)C)[C@H]2N(C(C)C)S3(=O)=O)c(=O)[nH]1. The number of methoxy groups -OCH3 is 2. The highest BCUT2D eigenvalue weighted by molar-refractivity contribution is 7.90. The van der Waals surface area contributed by atoms with E-state index in [0.29, 0.717) is 28.2 Å². The number of sulfonamides is 1. The first-order chi connectivity index (χ1) is 31.6. The van der Waals surface area contributed by atoms with Crippen LogP contribution in [0.5, 0.6) is 11.5 Å². The van der Waals surface area contributed by atoms with Crippen molar-refractivity contribution in [3.63, 3.8) is 0 Å². The lowest BCUT2D eigenvalue weighted by molar-refractivity contribution is -0.121. The van der Waals surface area contributed by atoms with Gasteiger partial charge in [-0.25, -0.2) is 18.1 Å². The highest BCUT2D eigenvalue weighted by Gasteiger charge is 2.76. The minimum Gasteiger partial charge on any atom is -0.497 e. The van der Waals surface area contributed by atoms with E-state index >= 15 is 8.42 Å². The van der Waals surface area contributed by atoms with Gasteiger partial charge in [0.25, 0.3) is 14.1 Å². The summed E-state index contributed by atoms with van der Waals surface area (Å²) in [5.74, 6) is 1.47. The molecule has 2 fully saturated rings. The monoisotopic (exact) mass is 944 g/mol. The van der Waals surface area contributed by atoms with Gasteiger partial charge in [-0.2, -0.15) is 14.6 Å². The molecule has 354 valence electrons. The molecule has 7 rings (SSSR count). The van der Waals surface area contributed by atoms with Crippen LogP contribution in [0.4, 0.5) is 5.95 Å². The molecule has 2 bridgehead atoms. The summed E-state index contributed by atoms with van der Waals surface area (Å²) in [6.45, 7) is 15.1. The van der Waals surface area contributed by atoms with Gasteiger partial charge in [0.1, 0.15) is 29.2 Å². The number of hydrogen-bond donors (Lipinski definition) is 2. The van der Waals surface area contributed by atoms with Crippen LogP contribution >= 0.6 is 8.53 Å². The molecule has 17 nitrogen and oxygen atoms in total. The second-order valence-electron chi connectivity index (χ2n) is 17.3. The van der Waals surface area contributed by atoms with E-state index < -0.39 is 65.7 Å². The number of ether oxygens (including phenoxy) is 4. The summed E-state index contributed by atoms with van der Waals surface area (Å²) in [5.41, 5.74) is 0.356. The van der Waals surface area contributed by atoms with Gasteiger partial charge in [0.15, 0.2) is 17.4 Å². The summed E-state index contributed by atoms with van der Waals surface area (Å²) in [4.78, 5) is 23.4. The van der Waals surface area contributed by atoms with Crippen molar-refractivity contribution in [3.05, 3.63) is 112 Å². The summed E-state index contributed by atoms with van der Waals surface area (Å²) in [6, 6.07) is 24.7. The number of benzene rings is 3. The van der Waals surface area contributed by atoms with Crippen LogP contribution in [0, 0.1) is 11.3 Å². The third-order valence-electron chi connectivity index (χ3n) is 12.1. The van der Waals surface area contributed by atoms with Crippen molar-refractivity contribution in [3.8, 4) is 17.6 Å². The molecule has 4 heterocycles. The Kier molecular flexibility index (Phi) is 14.9. The van der Waals surface area contributed by atoms with E-state index in [0.717, 1.165) is 6.42 Å². The summed E-state index contributed by atoms with van der Waals surface area (Å²) >= 11 is 0. The minimum absolute atomic E-state index is 0.0214. The Morgan fingerprint density at radius 1 is 0.939 bits per heavy atom. The van der Waals surface area contributed by atoms with Gasteiger partial charge in [0.2, 0.25) is 20.9 Å². The maximum absolute atomic E-state index is 15.8. The second-order valence-corrected chi connectivity index (χ2v) is 20.8. The van der Waals surface area contributed by atoms with Gasteiger partial charge in [-0.15, -0.1) is 0 Å². The number of nitrogens with zero attached hydrogens (tertiary/aromatic N) is 6. The highest BCUT2D eigenvalue weighted by atomic mass is 32.2. The summed E-state index contributed by atoms with van der Waals surface area (Å²) in [6.07, 6.45) is -0.109. The highest BCUT2D eigenvalue weighted by Crippen LogP contribution is 2.60. The predicted octanol–water partition coefficient (Wildman–Crippen LogP) is 7.66. The maximum atomic E-state index is 15.8. The maximum Gasteiger partial charge on any atom is 0.280 e. The Labute approximate surface area is 388 Å². The van der Waals surface area contributed by atoms with Crippen LogP contribution in [0.25, 0.3) is 11.2 Å². The van der Waals surface area contributed by atoms with E-state index in [2.05, 4.69) is 21.4 Å². The van der Waals surface area contributed by atoms with Crippen molar-refractivity contribution in [1.82, 2.24) is 28.5 Å². The van der Waals surface area contributed by atoms with Crippen molar-refractivity contribution in [2.75, 3.05) is 32.8 Å². The van der Waals surface area contributed by atoms with E-state index in [1.165, 1.54) is 10.6 Å². The summed E-state index contributed by atoms with van der Waals surface area (Å²) < 4.78 is 75.9. The molecule has 2 aromatic heterocycles. The standard InChI is InChI=1S/C47H61N8O9PS/c1-11-33(8)50-45-51-42-39(43(56)52-45)49-29-53(42)44-40-41(64-65(62-27-15-26-48)54(30(2)3)31(4)5)46(63-44,66(57,58)55(40)32(6)7)28-61-47(34-16-13-12-14-17-34,35-18-22-37(59-9)23-19-35)36-20-24-38(60-10)25-21-36/h12-14,16-25,29-33,40-41,44H,11,15,27-28H2,1-10H3,(H2,50,51,52,56)/t33?,40-,41+,44-,46+,65?/m1/s1. The van der Waals surface area contributed by atoms with E-state index in [4.69, 9.17) is 33.0 Å². The molecule has 19 heteroatoms. The Morgan fingerprint density at radius 2 is 1.53 bits per heavy atom. The Morgan fingerprint density at radius 3 is 2.06 bits per heavy atom. The van der Waals surface area contributed by atoms with Gasteiger partial charge in [0, 0.05) is 24.2 Å². The van der Waals surface area contributed by atoms with Gasteiger partial charge in [0.05, 0.1) is 46.3 Å². The van der Waals surface area contributed by atoms with Gasteiger partial charge >= 0.3 is 0 Å². The zero-order valence-corrected chi connectivity index (χ0v) is 40.9. The van der Waals surface area contributed by atoms with Crippen LogP contribution in [0.1, 0.15) is 91.1 Å². The Bertz CT molecular complexity index is 2590. The molecule has 3 aromatic carbocycles. The number of fused-ring (bicyclic) bond motifs is 3. The third kappa shape index (κ3) is 8.83. The lowest BCUT2D eigenvalue weighted by Crippen LogP contribution is -2.55. The number of aromatic nitrogens is 4. The average Bonchev–Trinajstić information content (AvgIpc) is 3.92. The zero-order valence-electron chi connectivity index (χ0n) is 39.2. The molecule has 5 aromatic rings. The molecule has 2 N–H and O–H groups in total. The van der Waals surface area contributed by atoms with Gasteiger partial charge < -0.3 is 33.3 Å². The largest absolute Gasteiger partial charge is 0.497 e.